The summed E-state index contributed by atoms with van der Waals surface area (Å²) in [5.41, 5.74) is 3.74. The molecule has 170 valence electrons. The number of halogens is 1. The highest BCUT2D eigenvalue weighted by Crippen LogP contribution is 2.35. The van der Waals surface area contributed by atoms with Crippen LogP contribution in [0.5, 0.6) is 0 Å². The summed E-state index contributed by atoms with van der Waals surface area (Å²) in [5.74, 6) is 1.10. The lowest BCUT2D eigenvalue weighted by Crippen LogP contribution is -2.50. The van der Waals surface area contributed by atoms with E-state index in [1.807, 2.05) is 44.0 Å². The molecule has 2 fully saturated rings. The molecule has 1 aromatic carbocycles. The highest BCUT2D eigenvalue weighted by Gasteiger charge is 2.38. The fraction of sp³-hybridized carbons (Fsp3) is 0.522. The molecule has 32 heavy (non-hydrogen) atoms. The second kappa shape index (κ2) is 8.38. The number of fused-ring (bicyclic) bond motifs is 1. The second-order valence-electron chi connectivity index (χ2n) is 8.96. The zero-order chi connectivity index (χ0) is 22.4. The lowest BCUT2D eigenvalue weighted by Gasteiger charge is -2.39. The highest BCUT2D eigenvalue weighted by molar-refractivity contribution is 5.81. The minimum atomic E-state index is -1.01. The van der Waals surface area contributed by atoms with Crippen LogP contribution in [0.1, 0.15) is 29.2 Å². The number of aliphatic hydroxyl groups is 1. The number of piperidine rings is 1. The summed E-state index contributed by atoms with van der Waals surface area (Å²) < 4.78 is 22.4. The van der Waals surface area contributed by atoms with Gasteiger partial charge in [-0.1, -0.05) is 0 Å². The van der Waals surface area contributed by atoms with Crippen molar-refractivity contribution in [3.05, 3.63) is 41.2 Å². The summed E-state index contributed by atoms with van der Waals surface area (Å²) in [5, 5.41) is 18.6. The molecule has 2 aromatic heterocycles. The van der Waals surface area contributed by atoms with Crippen molar-refractivity contribution in [1.29, 1.82) is 0 Å². The monoisotopic (exact) mass is 440 g/mol. The van der Waals surface area contributed by atoms with Crippen molar-refractivity contribution >= 4 is 22.7 Å². The van der Waals surface area contributed by atoms with E-state index in [0.717, 1.165) is 40.1 Å². The van der Waals surface area contributed by atoms with Crippen molar-refractivity contribution in [1.82, 2.24) is 24.6 Å². The van der Waals surface area contributed by atoms with E-state index in [-0.39, 0.29) is 12.0 Å². The lowest BCUT2D eigenvalue weighted by molar-refractivity contribution is 0.0352. The molecule has 2 N–H and O–H groups in total. The van der Waals surface area contributed by atoms with Crippen LogP contribution in [0.3, 0.4) is 0 Å². The summed E-state index contributed by atoms with van der Waals surface area (Å²) in [6.07, 6.45) is 0.944. The number of nitrogens with zero attached hydrogens (tertiary/aromatic N) is 5. The number of hydrogen-bond donors (Lipinski definition) is 2. The smallest absolute Gasteiger partial charge is 0.228 e. The predicted molar refractivity (Wildman–Crippen MR) is 120 cm³/mol. The second-order valence-corrected chi connectivity index (χ2v) is 8.96. The molecule has 4 atom stereocenters. The number of nitrogens with one attached hydrogen (secondary N) is 1. The van der Waals surface area contributed by atoms with E-state index < -0.39 is 12.3 Å². The quantitative estimate of drug-likeness (QED) is 0.645. The average molecular weight is 441 g/mol. The third-order valence-corrected chi connectivity index (χ3v) is 6.67. The number of rotatable bonds is 4. The van der Waals surface area contributed by atoms with Crippen LogP contribution in [-0.2, 0) is 11.8 Å². The Bertz CT molecular complexity index is 1140. The van der Waals surface area contributed by atoms with Crippen LogP contribution >= 0.6 is 0 Å². The third-order valence-electron chi connectivity index (χ3n) is 6.67. The predicted octanol–water partition coefficient (Wildman–Crippen LogP) is 2.61. The Balaban J connectivity index is 1.39. The highest BCUT2D eigenvalue weighted by atomic mass is 19.1. The van der Waals surface area contributed by atoms with Crippen LogP contribution < -0.4 is 5.32 Å². The maximum Gasteiger partial charge on any atom is 0.228 e. The SMILES string of the molecule is Cc1cc(Nc2ncc3cc(C)c([C@H]4CCN([C@@H]5COC[C@@H]5O)C[C@@H]4F)cc3n2)n(C)n1. The van der Waals surface area contributed by atoms with Crippen LogP contribution in [-0.4, -0.2) is 74.4 Å². The molecule has 2 aliphatic rings. The average Bonchev–Trinajstić information content (AvgIpc) is 3.32. The minimum Gasteiger partial charge on any atom is -0.389 e. The first kappa shape index (κ1) is 21.2. The molecule has 9 heteroatoms. The van der Waals surface area contributed by atoms with Gasteiger partial charge in [0, 0.05) is 37.2 Å². The Morgan fingerprint density at radius 2 is 2.06 bits per heavy atom. The molecule has 2 aliphatic heterocycles. The molecule has 0 unspecified atom stereocenters. The first-order valence-electron chi connectivity index (χ1n) is 11.1. The van der Waals surface area contributed by atoms with Gasteiger partial charge in [-0.25, -0.2) is 14.4 Å². The Labute approximate surface area is 186 Å². The minimum absolute atomic E-state index is 0.107. The maximum absolute atomic E-state index is 15.3. The standard InChI is InChI=1S/C23H29FN6O2/c1-13-6-15-9-25-23(27-22-7-14(2)28-29(22)3)26-19(15)8-17(13)16-4-5-30(10-18(16)24)20-11-32-12-21(20)31/h6-9,16,18,20-21,31H,4-5,10-12H2,1-3H3,(H,25,26,27)/t16-,18+,20-,21+/m1/s1. The van der Waals surface area contributed by atoms with Gasteiger partial charge >= 0.3 is 0 Å². The molecular formula is C23H29FN6O2. The Morgan fingerprint density at radius 3 is 2.75 bits per heavy atom. The summed E-state index contributed by atoms with van der Waals surface area (Å²) in [6, 6.07) is 5.87. The fourth-order valence-corrected chi connectivity index (χ4v) is 4.97. The van der Waals surface area contributed by atoms with Crippen LogP contribution in [0.25, 0.3) is 10.9 Å². The van der Waals surface area contributed by atoms with Crippen LogP contribution in [0.2, 0.25) is 0 Å². The molecule has 5 rings (SSSR count). The molecule has 3 aromatic rings. The number of benzene rings is 1. The van der Waals surface area contributed by atoms with Crippen molar-refractivity contribution in [3.63, 3.8) is 0 Å². The van der Waals surface area contributed by atoms with Gasteiger partial charge in [-0.2, -0.15) is 5.10 Å². The van der Waals surface area contributed by atoms with E-state index in [1.165, 1.54) is 0 Å². The zero-order valence-corrected chi connectivity index (χ0v) is 18.6. The van der Waals surface area contributed by atoms with Crippen molar-refractivity contribution in [2.24, 2.45) is 7.05 Å². The van der Waals surface area contributed by atoms with Gasteiger partial charge in [-0.05, 0) is 50.1 Å². The van der Waals surface area contributed by atoms with E-state index in [1.54, 1.807) is 10.9 Å². The first-order chi connectivity index (χ1) is 15.4. The van der Waals surface area contributed by atoms with Gasteiger partial charge < -0.3 is 15.2 Å². The number of anilines is 2. The largest absolute Gasteiger partial charge is 0.389 e. The lowest BCUT2D eigenvalue weighted by atomic mass is 9.84. The van der Waals surface area contributed by atoms with Gasteiger partial charge in [0.05, 0.1) is 36.6 Å². The number of aromatic nitrogens is 4. The number of ether oxygens (including phenoxy) is 1. The summed E-state index contributed by atoms with van der Waals surface area (Å²) in [4.78, 5) is 11.2. The molecule has 0 aliphatic carbocycles. The number of aryl methyl sites for hydroxylation is 3. The van der Waals surface area contributed by atoms with Gasteiger partial charge in [0.25, 0.3) is 0 Å². The van der Waals surface area contributed by atoms with Gasteiger partial charge in [0.1, 0.15) is 12.0 Å². The summed E-state index contributed by atoms with van der Waals surface area (Å²) in [7, 11) is 1.86. The third kappa shape index (κ3) is 3.96. The molecule has 0 saturated carbocycles. The number of aliphatic hydroxyl groups excluding tert-OH is 1. The van der Waals surface area contributed by atoms with E-state index in [4.69, 9.17) is 4.74 Å². The molecule has 4 heterocycles. The fourth-order valence-electron chi connectivity index (χ4n) is 4.97. The van der Waals surface area contributed by atoms with Crippen molar-refractivity contribution < 1.29 is 14.2 Å². The summed E-state index contributed by atoms with van der Waals surface area (Å²) >= 11 is 0. The number of likely N-dealkylation sites (tertiary alicyclic amines) is 1. The van der Waals surface area contributed by atoms with Gasteiger partial charge in [-0.15, -0.1) is 0 Å². The molecule has 0 bridgehead atoms. The van der Waals surface area contributed by atoms with E-state index in [9.17, 15) is 5.11 Å². The molecule has 8 nitrogen and oxygen atoms in total. The van der Waals surface area contributed by atoms with Crippen molar-refractivity contribution in [3.8, 4) is 0 Å². The number of hydrogen-bond acceptors (Lipinski definition) is 7. The first-order valence-corrected chi connectivity index (χ1v) is 11.1. The van der Waals surface area contributed by atoms with Crippen LogP contribution in [0.4, 0.5) is 16.2 Å². The molecular weight excluding hydrogens is 411 g/mol. The molecule has 0 radical (unpaired) electrons. The van der Waals surface area contributed by atoms with E-state index in [2.05, 4.69) is 20.4 Å². The van der Waals surface area contributed by atoms with Gasteiger partial charge in [0.15, 0.2) is 0 Å². The van der Waals surface area contributed by atoms with E-state index >= 15 is 4.39 Å². The van der Waals surface area contributed by atoms with E-state index in [0.29, 0.717) is 32.1 Å². The molecule has 2 saturated heterocycles. The van der Waals surface area contributed by atoms with Crippen LogP contribution in [0, 0.1) is 13.8 Å². The molecule has 0 amide bonds. The van der Waals surface area contributed by atoms with Crippen molar-refractivity contribution in [2.75, 3.05) is 31.6 Å². The van der Waals surface area contributed by atoms with Crippen LogP contribution in [0.15, 0.2) is 24.4 Å². The maximum atomic E-state index is 15.3. The molecule has 0 spiro atoms. The number of alkyl halides is 1. The Kier molecular flexibility index (Phi) is 5.56. The van der Waals surface area contributed by atoms with Gasteiger partial charge in [-0.3, -0.25) is 9.58 Å². The Morgan fingerprint density at radius 1 is 1.22 bits per heavy atom. The topological polar surface area (TPSA) is 88.3 Å². The summed E-state index contributed by atoms with van der Waals surface area (Å²) in [6.45, 7) is 5.80. The zero-order valence-electron chi connectivity index (χ0n) is 18.6. The normalized spacial score (nSPS) is 26.7. The van der Waals surface area contributed by atoms with Gasteiger partial charge in [0.2, 0.25) is 5.95 Å². The Hall–Kier alpha value is -2.62. The van der Waals surface area contributed by atoms with Crippen molar-refractivity contribution in [2.45, 2.75) is 44.5 Å².